The number of nitrogens with zero attached hydrogens (tertiary/aromatic N) is 2. The van der Waals surface area contributed by atoms with E-state index in [1.54, 1.807) is 11.8 Å². The van der Waals surface area contributed by atoms with E-state index in [1.165, 1.54) is 4.90 Å². The summed E-state index contributed by atoms with van der Waals surface area (Å²) in [6, 6.07) is 17.7. The van der Waals surface area contributed by atoms with Gasteiger partial charge in [-0.05, 0) is 43.3 Å². The van der Waals surface area contributed by atoms with E-state index in [1.807, 2.05) is 56.3 Å². The normalized spacial score (nSPS) is 11.9. The summed E-state index contributed by atoms with van der Waals surface area (Å²) in [4.78, 5) is 17.8. The van der Waals surface area contributed by atoms with Crippen LogP contribution in [0.2, 0.25) is 0 Å². The number of aryl methyl sites for hydroxylation is 1. The molecule has 25 heavy (non-hydrogen) atoms. The van der Waals surface area contributed by atoms with E-state index in [9.17, 15) is 4.79 Å². The highest BCUT2D eigenvalue weighted by molar-refractivity contribution is 7.99. The monoisotopic (exact) mass is 352 g/mol. The molecule has 2 N–H and O–H groups in total. The fourth-order valence-electron chi connectivity index (χ4n) is 2.25. The Morgan fingerprint density at radius 3 is 2.52 bits per heavy atom. The van der Waals surface area contributed by atoms with Gasteiger partial charge in [0.05, 0.1) is 0 Å². The van der Waals surface area contributed by atoms with Gasteiger partial charge in [0.2, 0.25) is 5.91 Å². The Balaban J connectivity index is 1.55. The molecule has 1 aromatic heterocycles. The summed E-state index contributed by atoms with van der Waals surface area (Å²) in [5.74, 6) is 2.11. The molecule has 1 atom stereocenters. The molecule has 2 aromatic carbocycles. The minimum absolute atomic E-state index is 0.0184. The molecule has 1 amide bonds. The first-order valence-corrected chi connectivity index (χ1v) is 9.08. The Labute approximate surface area is 151 Å². The third-order valence-corrected chi connectivity index (χ3v) is 4.97. The summed E-state index contributed by atoms with van der Waals surface area (Å²) < 4.78 is 0. The molecule has 0 saturated carbocycles. The predicted molar refractivity (Wildman–Crippen MR) is 102 cm³/mol. The van der Waals surface area contributed by atoms with Crippen molar-refractivity contribution in [3.63, 3.8) is 0 Å². The molecule has 5 nitrogen and oxygen atoms in total. The largest absolute Gasteiger partial charge is 0.326 e. The maximum Gasteiger partial charge on any atom is 0.228 e. The second-order valence-electron chi connectivity index (χ2n) is 5.84. The van der Waals surface area contributed by atoms with Crippen LogP contribution in [-0.4, -0.2) is 26.8 Å². The van der Waals surface area contributed by atoms with Crippen LogP contribution in [0.15, 0.2) is 59.5 Å². The average molecular weight is 352 g/mol. The highest BCUT2D eigenvalue weighted by Crippen LogP contribution is 2.22. The van der Waals surface area contributed by atoms with Crippen LogP contribution in [0.25, 0.3) is 11.4 Å². The van der Waals surface area contributed by atoms with Gasteiger partial charge in [-0.15, -0.1) is 11.8 Å². The highest BCUT2D eigenvalue weighted by Gasteiger charge is 2.14. The van der Waals surface area contributed by atoms with Gasteiger partial charge in [0.25, 0.3) is 0 Å². The Kier molecular flexibility index (Phi) is 5.50. The van der Waals surface area contributed by atoms with Crippen LogP contribution >= 0.6 is 11.8 Å². The van der Waals surface area contributed by atoms with Crippen LogP contribution in [-0.2, 0) is 4.79 Å². The molecule has 6 heteroatoms. The molecule has 0 saturated heterocycles. The minimum atomic E-state index is -0.0828. The third kappa shape index (κ3) is 4.70. The molecule has 128 valence electrons. The summed E-state index contributed by atoms with van der Waals surface area (Å²) in [5.41, 5.74) is 1.69. The Hall–Kier alpha value is -2.60. The molecule has 3 rings (SSSR count). The lowest BCUT2D eigenvalue weighted by molar-refractivity contribution is -0.118. The van der Waals surface area contributed by atoms with E-state index in [2.05, 4.69) is 32.6 Å². The topological polar surface area (TPSA) is 70.7 Å². The number of aromatic amines is 1. The van der Waals surface area contributed by atoms with Gasteiger partial charge in [-0.1, -0.05) is 25.1 Å². The molecular formula is C19H20N4OS. The molecule has 1 heterocycles. The number of thioether (sulfide) groups is 1. The first-order chi connectivity index (χ1) is 12.1. The van der Waals surface area contributed by atoms with Crippen molar-refractivity contribution in [1.82, 2.24) is 15.2 Å². The van der Waals surface area contributed by atoms with Crippen molar-refractivity contribution in [2.45, 2.75) is 18.7 Å². The third-order valence-electron chi connectivity index (χ3n) is 3.70. The Bertz CT molecular complexity index is 830. The van der Waals surface area contributed by atoms with Crippen molar-refractivity contribution in [3.05, 3.63) is 60.4 Å². The van der Waals surface area contributed by atoms with Gasteiger partial charge in [-0.25, -0.2) is 4.98 Å². The van der Waals surface area contributed by atoms with Gasteiger partial charge in [0.1, 0.15) is 5.82 Å². The molecule has 0 fully saturated rings. The number of anilines is 1. The molecule has 0 aliphatic carbocycles. The second-order valence-corrected chi connectivity index (χ2v) is 6.93. The molecule has 1 unspecified atom stereocenters. The highest BCUT2D eigenvalue weighted by atomic mass is 32.2. The van der Waals surface area contributed by atoms with Gasteiger partial charge in [-0.3, -0.25) is 9.89 Å². The van der Waals surface area contributed by atoms with Crippen LogP contribution in [0.5, 0.6) is 0 Å². The van der Waals surface area contributed by atoms with Gasteiger partial charge in [-0.2, -0.15) is 5.10 Å². The fraction of sp³-hybridized carbons (Fsp3) is 0.211. The summed E-state index contributed by atoms with van der Waals surface area (Å²) in [5, 5.41) is 9.92. The number of aromatic nitrogens is 3. The number of hydrogen-bond donors (Lipinski definition) is 2. The van der Waals surface area contributed by atoms with E-state index in [0.29, 0.717) is 5.82 Å². The van der Waals surface area contributed by atoms with Crippen molar-refractivity contribution in [2.75, 3.05) is 11.1 Å². The predicted octanol–water partition coefficient (Wildman–Crippen LogP) is 4.15. The number of H-pyrrole nitrogens is 1. The number of nitrogens with one attached hydrogen (secondary N) is 2. The van der Waals surface area contributed by atoms with Crippen molar-refractivity contribution in [3.8, 4) is 11.4 Å². The molecular weight excluding hydrogens is 332 g/mol. The van der Waals surface area contributed by atoms with E-state index in [4.69, 9.17) is 0 Å². The zero-order valence-electron chi connectivity index (χ0n) is 14.2. The lowest BCUT2D eigenvalue weighted by atomic mass is 10.1. The summed E-state index contributed by atoms with van der Waals surface area (Å²) in [6.45, 7) is 3.80. The molecule has 0 bridgehead atoms. The summed E-state index contributed by atoms with van der Waals surface area (Å²) >= 11 is 1.69. The maximum absolute atomic E-state index is 12.3. The van der Waals surface area contributed by atoms with Crippen molar-refractivity contribution >= 4 is 23.4 Å². The standard InChI is InChI=1S/C19H20N4OS/c1-13(12-25-17-6-4-3-5-7-17)19(24)21-16-10-8-15(9-11-16)18-20-14(2)22-23-18/h3-11,13H,12H2,1-2H3,(H,21,24)(H,20,22,23). The van der Waals surface area contributed by atoms with Crippen LogP contribution in [0.1, 0.15) is 12.7 Å². The quantitative estimate of drug-likeness (QED) is 0.654. The minimum Gasteiger partial charge on any atom is -0.326 e. The second kappa shape index (κ2) is 7.98. The van der Waals surface area contributed by atoms with E-state index < -0.39 is 0 Å². The lowest BCUT2D eigenvalue weighted by Gasteiger charge is -2.12. The fourth-order valence-corrected chi connectivity index (χ4v) is 3.20. The SMILES string of the molecule is Cc1nc(-c2ccc(NC(=O)C(C)CSc3ccccc3)cc2)n[nH]1. The lowest BCUT2D eigenvalue weighted by Crippen LogP contribution is -2.22. The summed E-state index contributed by atoms with van der Waals surface area (Å²) in [7, 11) is 0. The average Bonchev–Trinajstić information content (AvgIpc) is 3.07. The molecule has 0 aliphatic rings. The number of hydrogen-bond acceptors (Lipinski definition) is 4. The van der Waals surface area contributed by atoms with Crippen LogP contribution in [0.4, 0.5) is 5.69 Å². The number of carbonyl (C=O) groups excluding carboxylic acids is 1. The van der Waals surface area contributed by atoms with Gasteiger partial charge in [0.15, 0.2) is 5.82 Å². The van der Waals surface area contributed by atoms with Crippen molar-refractivity contribution in [1.29, 1.82) is 0 Å². The molecule has 0 aliphatic heterocycles. The maximum atomic E-state index is 12.3. The van der Waals surface area contributed by atoms with Crippen LogP contribution < -0.4 is 5.32 Å². The first-order valence-electron chi connectivity index (χ1n) is 8.10. The number of carbonyl (C=O) groups is 1. The molecule has 0 radical (unpaired) electrons. The van der Waals surface area contributed by atoms with E-state index >= 15 is 0 Å². The van der Waals surface area contributed by atoms with Gasteiger partial charge >= 0.3 is 0 Å². The van der Waals surface area contributed by atoms with Crippen LogP contribution in [0, 0.1) is 12.8 Å². The van der Waals surface area contributed by atoms with Crippen molar-refractivity contribution in [2.24, 2.45) is 5.92 Å². The number of benzene rings is 2. The summed E-state index contributed by atoms with van der Waals surface area (Å²) in [6.07, 6.45) is 0. The first kappa shape index (κ1) is 17.2. The zero-order chi connectivity index (χ0) is 17.6. The van der Waals surface area contributed by atoms with E-state index in [0.717, 1.165) is 22.8 Å². The molecule has 0 spiro atoms. The van der Waals surface area contributed by atoms with Crippen molar-refractivity contribution < 1.29 is 4.79 Å². The number of amides is 1. The van der Waals surface area contributed by atoms with Gasteiger partial charge in [0, 0.05) is 27.8 Å². The smallest absolute Gasteiger partial charge is 0.228 e. The van der Waals surface area contributed by atoms with Gasteiger partial charge < -0.3 is 5.32 Å². The molecule has 3 aromatic rings. The zero-order valence-corrected chi connectivity index (χ0v) is 15.0. The Morgan fingerprint density at radius 2 is 1.88 bits per heavy atom. The van der Waals surface area contributed by atoms with E-state index in [-0.39, 0.29) is 11.8 Å². The number of rotatable bonds is 6. The Morgan fingerprint density at radius 1 is 1.16 bits per heavy atom. The van der Waals surface area contributed by atoms with Crippen LogP contribution in [0.3, 0.4) is 0 Å².